The summed E-state index contributed by atoms with van der Waals surface area (Å²) in [6.45, 7) is 7.95. The van der Waals surface area contributed by atoms with Crippen LogP contribution in [0.4, 0.5) is 13.2 Å². The smallest absolute Gasteiger partial charge is 0.318 e. The summed E-state index contributed by atoms with van der Waals surface area (Å²) in [7, 11) is 0. The fraction of sp³-hybridized carbons (Fsp3) is 0.273. The molecule has 0 aliphatic rings. The molecule has 27 heavy (non-hydrogen) atoms. The molecular formula is C22H22F3NS. The third-order valence-corrected chi connectivity index (χ3v) is 5.31. The molecule has 142 valence electrons. The van der Waals surface area contributed by atoms with Crippen LogP contribution in [0.25, 0.3) is 16.8 Å². The van der Waals surface area contributed by atoms with Gasteiger partial charge in [-0.25, -0.2) is 0 Å². The molecule has 0 aliphatic heterocycles. The number of benzene rings is 2. The van der Waals surface area contributed by atoms with E-state index >= 15 is 0 Å². The average molecular weight is 389 g/mol. The van der Waals surface area contributed by atoms with Crippen LogP contribution in [0.2, 0.25) is 0 Å². The van der Waals surface area contributed by atoms with Crippen molar-refractivity contribution < 1.29 is 13.2 Å². The van der Waals surface area contributed by atoms with Crippen molar-refractivity contribution in [3.05, 3.63) is 71.5 Å². The average Bonchev–Trinajstić information content (AvgIpc) is 2.92. The molecule has 0 saturated heterocycles. The van der Waals surface area contributed by atoms with Crippen molar-refractivity contribution in [3.8, 4) is 16.8 Å². The van der Waals surface area contributed by atoms with Gasteiger partial charge in [0.05, 0.1) is 11.3 Å². The van der Waals surface area contributed by atoms with Gasteiger partial charge in [-0.3, -0.25) is 0 Å². The van der Waals surface area contributed by atoms with Gasteiger partial charge in [0.1, 0.15) is 0 Å². The fourth-order valence-corrected chi connectivity index (χ4v) is 4.15. The maximum atomic E-state index is 13.5. The highest BCUT2D eigenvalue weighted by Gasteiger charge is 2.31. The number of aromatic nitrogens is 1. The lowest BCUT2D eigenvalue weighted by Crippen LogP contribution is -2.06. The number of alkyl halides is 3. The molecule has 1 aromatic heterocycles. The number of rotatable bonds is 4. The van der Waals surface area contributed by atoms with Gasteiger partial charge in [0.15, 0.2) is 0 Å². The van der Waals surface area contributed by atoms with E-state index in [1.807, 2.05) is 70.2 Å². The van der Waals surface area contributed by atoms with Crippen LogP contribution in [0.3, 0.4) is 0 Å². The molecule has 0 radical (unpaired) electrons. The lowest BCUT2D eigenvalue weighted by Gasteiger charge is -2.18. The van der Waals surface area contributed by atoms with Crippen molar-refractivity contribution in [2.75, 3.05) is 0 Å². The lowest BCUT2D eigenvalue weighted by atomic mass is 10.0. The topological polar surface area (TPSA) is 4.93 Å². The van der Waals surface area contributed by atoms with Gasteiger partial charge >= 0.3 is 6.18 Å². The minimum absolute atomic E-state index is 0.200. The Bertz CT molecular complexity index is 935. The van der Waals surface area contributed by atoms with E-state index in [9.17, 15) is 13.2 Å². The molecule has 0 spiro atoms. The number of aryl methyl sites for hydroxylation is 2. The van der Waals surface area contributed by atoms with Crippen LogP contribution in [0.5, 0.6) is 0 Å². The SMILES string of the molecule is Cc1ccc(C)n1-c1ccccc1-c1cc(SC(C)C)cc(C(F)(F)F)c1. The molecule has 3 aromatic rings. The Morgan fingerprint density at radius 1 is 0.889 bits per heavy atom. The summed E-state index contributed by atoms with van der Waals surface area (Å²) in [5, 5.41) is 0.200. The van der Waals surface area contributed by atoms with Gasteiger partial charge in [-0.1, -0.05) is 32.0 Å². The van der Waals surface area contributed by atoms with Gasteiger partial charge < -0.3 is 4.57 Å². The molecule has 2 aromatic carbocycles. The Labute approximate surface area is 162 Å². The lowest BCUT2D eigenvalue weighted by molar-refractivity contribution is -0.137. The van der Waals surface area contributed by atoms with Crippen LogP contribution in [0, 0.1) is 13.8 Å². The Balaban J connectivity index is 2.23. The predicted molar refractivity (Wildman–Crippen MR) is 107 cm³/mol. The Hall–Kier alpha value is -2.14. The number of thioether (sulfide) groups is 1. The first-order chi connectivity index (χ1) is 12.7. The highest BCUT2D eigenvalue weighted by atomic mass is 32.2. The first-order valence-corrected chi connectivity index (χ1v) is 9.68. The summed E-state index contributed by atoms with van der Waals surface area (Å²) >= 11 is 1.44. The van der Waals surface area contributed by atoms with E-state index in [0.717, 1.165) is 22.6 Å². The largest absolute Gasteiger partial charge is 0.416 e. The van der Waals surface area contributed by atoms with E-state index in [1.54, 1.807) is 0 Å². The maximum Gasteiger partial charge on any atom is 0.416 e. The molecule has 1 nitrogen and oxygen atoms in total. The summed E-state index contributed by atoms with van der Waals surface area (Å²) in [6, 6.07) is 16.0. The molecule has 3 rings (SSSR count). The zero-order chi connectivity index (χ0) is 19.8. The highest BCUT2D eigenvalue weighted by Crippen LogP contribution is 2.38. The first-order valence-electron chi connectivity index (χ1n) is 8.80. The highest BCUT2D eigenvalue weighted by molar-refractivity contribution is 7.99. The molecule has 0 unspecified atom stereocenters. The molecule has 5 heteroatoms. The normalized spacial score (nSPS) is 12.0. The van der Waals surface area contributed by atoms with Crippen LogP contribution in [0.15, 0.2) is 59.5 Å². The van der Waals surface area contributed by atoms with E-state index in [1.165, 1.54) is 23.9 Å². The van der Waals surface area contributed by atoms with Gasteiger partial charge in [0.25, 0.3) is 0 Å². The van der Waals surface area contributed by atoms with Crippen LogP contribution in [0.1, 0.15) is 30.8 Å². The van der Waals surface area contributed by atoms with Crippen LogP contribution in [-0.4, -0.2) is 9.82 Å². The second-order valence-corrected chi connectivity index (χ2v) is 8.53. The van der Waals surface area contributed by atoms with E-state index < -0.39 is 11.7 Å². The summed E-state index contributed by atoms with van der Waals surface area (Å²) in [5.74, 6) is 0. The van der Waals surface area contributed by atoms with E-state index in [2.05, 4.69) is 4.57 Å². The molecule has 0 aliphatic carbocycles. The van der Waals surface area contributed by atoms with Crippen LogP contribution in [-0.2, 0) is 6.18 Å². The monoisotopic (exact) mass is 389 g/mol. The molecule has 0 fully saturated rings. The molecule has 0 N–H and O–H groups in total. The standard InChI is InChI=1S/C22H22F3NS/c1-14(2)27-19-12-17(11-18(13-19)22(23,24)25)20-7-5-6-8-21(20)26-15(3)9-10-16(26)4/h5-14H,1-4H3. The molecule has 0 amide bonds. The number of hydrogen-bond donors (Lipinski definition) is 0. The molecule has 0 saturated carbocycles. The van der Waals surface area contributed by atoms with Crippen molar-refractivity contribution in [1.29, 1.82) is 0 Å². The number of halogens is 3. The zero-order valence-electron chi connectivity index (χ0n) is 15.8. The van der Waals surface area contributed by atoms with Crippen molar-refractivity contribution in [1.82, 2.24) is 4.57 Å². The van der Waals surface area contributed by atoms with Crippen LogP contribution < -0.4 is 0 Å². The molecule has 0 bridgehead atoms. The summed E-state index contributed by atoms with van der Waals surface area (Å²) in [5.41, 5.74) is 3.73. The maximum absolute atomic E-state index is 13.5. The summed E-state index contributed by atoms with van der Waals surface area (Å²) < 4.78 is 42.5. The third kappa shape index (κ3) is 4.24. The van der Waals surface area contributed by atoms with Gasteiger partial charge in [-0.15, -0.1) is 11.8 Å². The molecule has 1 heterocycles. The summed E-state index contributed by atoms with van der Waals surface area (Å²) in [6.07, 6.45) is -4.38. The van der Waals surface area contributed by atoms with E-state index in [0.29, 0.717) is 10.5 Å². The summed E-state index contributed by atoms with van der Waals surface area (Å²) in [4.78, 5) is 0.630. The minimum atomic E-state index is -4.38. The van der Waals surface area contributed by atoms with Crippen molar-refractivity contribution in [3.63, 3.8) is 0 Å². The first kappa shape index (κ1) is 19.6. The van der Waals surface area contributed by atoms with Gasteiger partial charge in [0.2, 0.25) is 0 Å². The van der Waals surface area contributed by atoms with Crippen molar-refractivity contribution in [2.24, 2.45) is 0 Å². The minimum Gasteiger partial charge on any atom is -0.318 e. The van der Waals surface area contributed by atoms with Crippen molar-refractivity contribution in [2.45, 2.75) is 44.0 Å². The molecular weight excluding hydrogens is 367 g/mol. The van der Waals surface area contributed by atoms with E-state index in [4.69, 9.17) is 0 Å². The van der Waals surface area contributed by atoms with Crippen molar-refractivity contribution >= 4 is 11.8 Å². The zero-order valence-corrected chi connectivity index (χ0v) is 16.6. The Morgan fingerprint density at radius 3 is 2.11 bits per heavy atom. The molecule has 0 atom stereocenters. The van der Waals surface area contributed by atoms with Gasteiger partial charge in [-0.05, 0) is 55.8 Å². The Kier molecular flexibility index (Phi) is 5.43. The predicted octanol–water partition coefficient (Wildman–Crippen LogP) is 7.28. The quantitative estimate of drug-likeness (QED) is 0.424. The second kappa shape index (κ2) is 7.47. The number of nitrogens with zero attached hydrogens (tertiary/aromatic N) is 1. The van der Waals surface area contributed by atoms with Gasteiger partial charge in [-0.2, -0.15) is 13.2 Å². The van der Waals surface area contributed by atoms with E-state index in [-0.39, 0.29) is 5.25 Å². The van der Waals surface area contributed by atoms with Gasteiger partial charge in [0, 0.05) is 27.1 Å². The Morgan fingerprint density at radius 2 is 1.52 bits per heavy atom. The fourth-order valence-electron chi connectivity index (χ4n) is 3.22. The van der Waals surface area contributed by atoms with Crippen LogP contribution >= 0.6 is 11.8 Å². The number of para-hydroxylation sites is 1. The number of hydrogen-bond acceptors (Lipinski definition) is 1. The second-order valence-electron chi connectivity index (χ2n) is 6.88. The third-order valence-electron chi connectivity index (χ3n) is 4.33.